The fourth-order valence-corrected chi connectivity index (χ4v) is 2.33. The largest absolute Gasteiger partial charge is 0.299 e. The summed E-state index contributed by atoms with van der Waals surface area (Å²) in [7, 11) is 0. The summed E-state index contributed by atoms with van der Waals surface area (Å²) in [6, 6.07) is 0. The maximum Gasteiger partial charge on any atom is 0.254 e. The zero-order chi connectivity index (χ0) is 8.93. The van der Waals surface area contributed by atoms with Crippen LogP contribution in [0, 0.1) is 17.8 Å². The monoisotopic (exact) mass is 174 g/mol. The van der Waals surface area contributed by atoms with Crippen LogP contribution in [0.2, 0.25) is 0 Å². The number of carbonyl (C=O) groups is 1. The van der Waals surface area contributed by atoms with Crippen LogP contribution in [0.5, 0.6) is 0 Å². The van der Waals surface area contributed by atoms with Crippen LogP contribution in [-0.2, 0) is 4.79 Å². The van der Waals surface area contributed by atoms with Gasteiger partial charge in [-0.05, 0) is 12.8 Å². The van der Waals surface area contributed by atoms with Crippen molar-refractivity contribution in [1.29, 1.82) is 0 Å². The fraction of sp³-hybridized carbons (Fsp3) is 0.889. The van der Waals surface area contributed by atoms with Gasteiger partial charge in [-0.15, -0.1) is 0 Å². The van der Waals surface area contributed by atoms with Gasteiger partial charge in [-0.3, -0.25) is 4.79 Å². The van der Waals surface area contributed by atoms with Crippen LogP contribution in [-0.4, -0.2) is 11.7 Å². The van der Waals surface area contributed by atoms with Crippen LogP contribution in [0.1, 0.15) is 26.2 Å². The van der Waals surface area contributed by atoms with Crippen molar-refractivity contribution in [2.24, 2.45) is 17.8 Å². The third-order valence-corrected chi connectivity index (χ3v) is 3.38. The molecule has 0 heterocycles. The van der Waals surface area contributed by atoms with Gasteiger partial charge in [0.25, 0.3) is 5.92 Å². The van der Waals surface area contributed by atoms with Gasteiger partial charge >= 0.3 is 0 Å². The van der Waals surface area contributed by atoms with Gasteiger partial charge in [0.1, 0.15) is 5.78 Å². The highest BCUT2D eigenvalue weighted by molar-refractivity contribution is 5.87. The van der Waals surface area contributed by atoms with Gasteiger partial charge in [0.05, 0.1) is 0 Å². The van der Waals surface area contributed by atoms with E-state index in [2.05, 4.69) is 0 Å². The Balaban J connectivity index is 2.18. The predicted molar refractivity (Wildman–Crippen MR) is 39.9 cm³/mol. The van der Waals surface area contributed by atoms with Crippen molar-refractivity contribution in [3.05, 3.63) is 0 Å². The first-order valence-corrected chi connectivity index (χ1v) is 4.44. The van der Waals surface area contributed by atoms with E-state index in [1.54, 1.807) is 6.92 Å². The Kier molecular flexibility index (Phi) is 1.54. The second kappa shape index (κ2) is 2.27. The molecule has 0 saturated heterocycles. The van der Waals surface area contributed by atoms with E-state index in [0.29, 0.717) is 12.8 Å². The molecule has 68 valence electrons. The average molecular weight is 174 g/mol. The van der Waals surface area contributed by atoms with E-state index >= 15 is 0 Å². The van der Waals surface area contributed by atoms with Crippen LogP contribution in [0.15, 0.2) is 0 Å². The van der Waals surface area contributed by atoms with Crippen molar-refractivity contribution >= 4 is 5.78 Å². The van der Waals surface area contributed by atoms with Gasteiger partial charge in [-0.2, -0.15) is 0 Å². The van der Waals surface area contributed by atoms with Crippen molar-refractivity contribution in [3.63, 3.8) is 0 Å². The maximum absolute atomic E-state index is 13.3. The zero-order valence-electron chi connectivity index (χ0n) is 7.02. The summed E-state index contributed by atoms with van der Waals surface area (Å²) in [6.45, 7) is 1.58. The first-order valence-electron chi connectivity index (χ1n) is 4.44. The molecule has 0 aromatic heterocycles. The molecule has 12 heavy (non-hydrogen) atoms. The summed E-state index contributed by atoms with van der Waals surface area (Å²) in [5.41, 5.74) is 0. The first-order chi connectivity index (χ1) is 5.53. The molecule has 2 fully saturated rings. The number of Topliss-reactive ketones (excluding diaryl/α,β-unsaturated/α-hetero) is 1. The highest BCUT2D eigenvalue weighted by atomic mass is 19.3. The molecule has 0 bridgehead atoms. The lowest BCUT2D eigenvalue weighted by Gasteiger charge is -2.47. The molecule has 2 rings (SSSR count). The van der Waals surface area contributed by atoms with E-state index in [0.717, 1.165) is 0 Å². The number of fused-ring (bicyclic) bond motifs is 1. The Bertz CT molecular complexity index is 225. The molecule has 0 aliphatic heterocycles. The molecule has 0 radical (unpaired) electrons. The average Bonchev–Trinajstić information content (AvgIpc) is 1.97. The standard InChI is InChI=1S/C9H12F2O/c1-5-2-3-6-7(4-8(6)12)9(5,10)11/h5-7H,2-4H2,1H3/t5-,6?,7+/m1/s1. The number of ketones is 1. The highest BCUT2D eigenvalue weighted by Gasteiger charge is 2.59. The number of rotatable bonds is 0. The molecule has 1 nitrogen and oxygen atoms in total. The molecule has 1 unspecified atom stereocenters. The van der Waals surface area contributed by atoms with Crippen LogP contribution >= 0.6 is 0 Å². The summed E-state index contributed by atoms with van der Waals surface area (Å²) < 4.78 is 26.6. The van der Waals surface area contributed by atoms with Crippen molar-refractivity contribution in [1.82, 2.24) is 0 Å². The minimum Gasteiger partial charge on any atom is -0.299 e. The first kappa shape index (κ1) is 8.14. The Morgan fingerprint density at radius 2 is 2.08 bits per heavy atom. The van der Waals surface area contributed by atoms with E-state index in [1.807, 2.05) is 0 Å². The molecule has 2 aliphatic carbocycles. The van der Waals surface area contributed by atoms with E-state index in [9.17, 15) is 13.6 Å². The van der Waals surface area contributed by atoms with Gasteiger partial charge in [0.2, 0.25) is 0 Å². The second-order valence-corrected chi connectivity index (χ2v) is 4.04. The third-order valence-electron chi connectivity index (χ3n) is 3.38. The van der Waals surface area contributed by atoms with E-state index in [1.165, 1.54) is 0 Å². The molecule has 0 amide bonds. The molecule has 3 atom stereocenters. The molecule has 0 aromatic carbocycles. The SMILES string of the molecule is C[C@@H]1CCC2C(=O)C[C@@H]2C1(F)F. The zero-order valence-corrected chi connectivity index (χ0v) is 7.02. The lowest BCUT2D eigenvalue weighted by atomic mass is 9.60. The number of hydrogen-bond donors (Lipinski definition) is 0. The Morgan fingerprint density at radius 3 is 2.67 bits per heavy atom. The quantitative estimate of drug-likeness (QED) is 0.550. The summed E-state index contributed by atoms with van der Waals surface area (Å²) in [5, 5.41) is 0. The van der Waals surface area contributed by atoms with Gasteiger partial charge in [-0.1, -0.05) is 6.92 Å². The molecule has 0 N–H and O–H groups in total. The number of carbonyl (C=O) groups excluding carboxylic acids is 1. The molecule has 2 saturated carbocycles. The molecule has 3 heteroatoms. The topological polar surface area (TPSA) is 17.1 Å². The van der Waals surface area contributed by atoms with E-state index < -0.39 is 17.8 Å². The number of hydrogen-bond acceptors (Lipinski definition) is 1. The molecular weight excluding hydrogens is 162 g/mol. The molecular formula is C9H12F2O. The van der Waals surface area contributed by atoms with Gasteiger partial charge < -0.3 is 0 Å². The van der Waals surface area contributed by atoms with E-state index in [4.69, 9.17) is 0 Å². The van der Waals surface area contributed by atoms with Crippen molar-refractivity contribution in [3.8, 4) is 0 Å². The highest BCUT2D eigenvalue weighted by Crippen LogP contribution is 2.53. The van der Waals surface area contributed by atoms with Crippen LogP contribution < -0.4 is 0 Å². The Labute approximate surface area is 70.1 Å². The molecule has 0 spiro atoms. The smallest absolute Gasteiger partial charge is 0.254 e. The maximum atomic E-state index is 13.3. The minimum atomic E-state index is -2.59. The Morgan fingerprint density at radius 1 is 1.42 bits per heavy atom. The van der Waals surface area contributed by atoms with Crippen LogP contribution in [0.4, 0.5) is 8.78 Å². The summed E-state index contributed by atoms with van der Waals surface area (Å²) >= 11 is 0. The van der Waals surface area contributed by atoms with Gasteiger partial charge in [0, 0.05) is 24.2 Å². The van der Waals surface area contributed by atoms with Crippen LogP contribution in [0.3, 0.4) is 0 Å². The Hall–Kier alpha value is -0.470. The number of alkyl halides is 2. The lowest BCUT2D eigenvalue weighted by Crippen LogP contribution is -2.54. The molecule has 2 aliphatic rings. The van der Waals surface area contributed by atoms with Crippen molar-refractivity contribution < 1.29 is 13.6 Å². The van der Waals surface area contributed by atoms with Crippen LogP contribution in [0.25, 0.3) is 0 Å². The van der Waals surface area contributed by atoms with E-state index in [-0.39, 0.29) is 18.1 Å². The normalized spacial score (nSPS) is 44.9. The summed E-state index contributed by atoms with van der Waals surface area (Å²) in [6.07, 6.45) is 1.29. The molecule has 0 aromatic rings. The van der Waals surface area contributed by atoms with Crippen molar-refractivity contribution in [2.75, 3.05) is 0 Å². The third kappa shape index (κ3) is 0.852. The van der Waals surface area contributed by atoms with Gasteiger partial charge in [0.15, 0.2) is 0 Å². The minimum absolute atomic E-state index is 0.0478. The fourth-order valence-electron chi connectivity index (χ4n) is 2.33. The second-order valence-electron chi connectivity index (χ2n) is 4.04. The van der Waals surface area contributed by atoms with Crippen molar-refractivity contribution in [2.45, 2.75) is 32.1 Å². The summed E-state index contributed by atoms with van der Waals surface area (Å²) in [5.74, 6) is -4.01. The van der Waals surface area contributed by atoms with Gasteiger partial charge in [-0.25, -0.2) is 8.78 Å². The summed E-state index contributed by atoms with van der Waals surface area (Å²) in [4.78, 5) is 10.9. The lowest BCUT2D eigenvalue weighted by molar-refractivity contribution is -0.186. The predicted octanol–water partition coefficient (Wildman–Crippen LogP) is 2.26. The number of halogens is 2.